The smallest absolute Gasteiger partial charge is 0.276 e. The summed E-state index contributed by atoms with van der Waals surface area (Å²) in [5.74, 6) is -3.42. The summed E-state index contributed by atoms with van der Waals surface area (Å²) in [5, 5.41) is 4.28. The molecule has 0 bridgehead atoms. The number of rotatable bonds is 5. The van der Waals surface area contributed by atoms with Crippen molar-refractivity contribution in [2.45, 2.75) is 5.16 Å². The van der Waals surface area contributed by atoms with E-state index in [1.165, 1.54) is 35.6 Å². The molecule has 0 aliphatic rings. The molecular weight excluding hydrogens is 435 g/mol. The highest BCUT2D eigenvalue weighted by Crippen LogP contribution is 2.25. The third kappa shape index (κ3) is 3.96. The van der Waals surface area contributed by atoms with Crippen molar-refractivity contribution >= 4 is 44.9 Å². The minimum atomic E-state index is -1.08. The fourth-order valence-corrected chi connectivity index (χ4v) is 4.30. The number of carbonyl (C=O) groups excluding carboxylic acids is 1. The molecule has 0 saturated heterocycles. The van der Waals surface area contributed by atoms with Crippen LogP contribution >= 0.6 is 23.1 Å². The van der Waals surface area contributed by atoms with Gasteiger partial charge < -0.3 is 5.32 Å². The van der Waals surface area contributed by atoms with Crippen molar-refractivity contribution in [1.82, 2.24) is 9.55 Å². The van der Waals surface area contributed by atoms with Gasteiger partial charge in [-0.25, -0.2) is 18.2 Å². The van der Waals surface area contributed by atoms with Crippen molar-refractivity contribution in [1.29, 1.82) is 0 Å². The lowest BCUT2D eigenvalue weighted by Gasteiger charge is -2.12. The summed E-state index contributed by atoms with van der Waals surface area (Å²) in [4.78, 5) is 29.6. The van der Waals surface area contributed by atoms with E-state index in [1.54, 1.807) is 17.5 Å². The standard InChI is InChI=1S/C20H12F3N3O2S2/c21-12-6-5-11(9-14(12)23)24-17(27)10-30-20-25-15-7-8-29-18(15)19(28)26(20)16-4-2-1-3-13(16)22/h1-9H,10H2,(H,24,27). The Kier molecular flexibility index (Phi) is 5.60. The lowest BCUT2D eigenvalue weighted by molar-refractivity contribution is -0.113. The molecule has 0 radical (unpaired) electrons. The molecule has 0 atom stereocenters. The van der Waals surface area contributed by atoms with Crippen LogP contribution in [0.2, 0.25) is 0 Å². The number of nitrogens with one attached hydrogen (secondary N) is 1. The summed E-state index contributed by atoms with van der Waals surface area (Å²) in [6.45, 7) is 0. The highest BCUT2D eigenvalue weighted by Gasteiger charge is 2.18. The summed E-state index contributed by atoms with van der Waals surface area (Å²) < 4.78 is 42.2. The molecule has 0 aliphatic heterocycles. The highest BCUT2D eigenvalue weighted by atomic mass is 32.2. The molecule has 2 aromatic carbocycles. The van der Waals surface area contributed by atoms with E-state index in [0.29, 0.717) is 10.2 Å². The van der Waals surface area contributed by atoms with E-state index in [4.69, 9.17) is 0 Å². The Morgan fingerprint density at radius 3 is 2.63 bits per heavy atom. The maximum Gasteiger partial charge on any atom is 0.276 e. The molecule has 4 aromatic rings. The fourth-order valence-electron chi connectivity index (χ4n) is 2.74. The second kappa shape index (κ2) is 8.33. The Morgan fingerprint density at radius 1 is 1.07 bits per heavy atom. The first kappa shape index (κ1) is 20.2. The summed E-state index contributed by atoms with van der Waals surface area (Å²) in [6, 6.07) is 10.4. The topological polar surface area (TPSA) is 64.0 Å². The second-order valence-electron chi connectivity index (χ2n) is 6.09. The number of nitrogens with zero attached hydrogens (tertiary/aromatic N) is 2. The van der Waals surface area contributed by atoms with Crippen molar-refractivity contribution < 1.29 is 18.0 Å². The maximum atomic E-state index is 14.4. The quantitative estimate of drug-likeness (QED) is 0.359. The number of fused-ring (bicyclic) bond motifs is 1. The number of thioether (sulfide) groups is 1. The zero-order chi connectivity index (χ0) is 21.3. The molecule has 4 rings (SSSR count). The van der Waals surface area contributed by atoms with E-state index in [1.807, 2.05) is 0 Å². The Balaban J connectivity index is 1.64. The number of halogens is 3. The number of hydrogen-bond acceptors (Lipinski definition) is 5. The molecule has 30 heavy (non-hydrogen) atoms. The van der Waals surface area contributed by atoms with Crippen molar-refractivity contribution in [3.8, 4) is 5.69 Å². The van der Waals surface area contributed by atoms with Gasteiger partial charge in [0.25, 0.3) is 5.56 Å². The normalized spacial score (nSPS) is 11.0. The molecule has 0 fully saturated rings. The van der Waals surface area contributed by atoms with Gasteiger partial charge in [0.1, 0.15) is 10.5 Å². The van der Waals surface area contributed by atoms with Gasteiger partial charge in [-0.1, -0.05) is 23.9 Å². The number of amides is 1. The first-order valence-corrected chi connectivity index (χ1v) is 10.4. The van der Waals surface area contributed by atoms with Gasteiger partial charge in [0.05, 0.1) is 17.0 Å². The van der Waals surface area contributed by atoms with Crippen molar-refractivity contribution in [3.63, 3.8) is 0 Å². The van der Waals surface area contributed by atoms with E-state index in [9.17, 15) is 22.8 Å². The van der Waals surface area contributed by atoms with E-state index >= 15 is 0 Å². The number of hydrogen-bond donors (Lipinski definition) is 1. The third-order valence-electron chi connectivity index (χ3n) is 4.08. The third-order valence-corrected chi connectivity index (χ3v) is 5.91. The molecule has 152 valence electrons. The van der Waals surface area contributed by atoms with Crippen LogP contribution in [0.25, 0.3) is 15.9 Å². The zero-order valence-electron chi connectivity index (χ0n) is 15.1. The van der Waals surface area contributed by atoms with Crippen molar-refractivity contribution in [3.05, 3.63) is 81.7 Å². The molecule has 0 aliphatic carbocycles. The van der Waals surface area contributed by atoms with Gasteiger partial charge in [0.15, 0.2) is 16.8 Å². The predicted octanol–water partition coefficient (Wildman–Crippen LogP) is 4.60. The van der Waals surface area contributed by atoms with Crippen LogP contribution in [-0.2, 0) is 4.79 Å². The van der Waals surface area contributed by atoms with Crippen LogP contribution in [0.5, 0.6) is 0 Å². The molecular formula is C20H12F3N3O2S2. The van der Waals surface area contributed by atoms with Gasteiger partial charge in [-0.2, -0.15) is 0 Å². The minimum Gasteiger partial charge on any atom is -0.325 e. The van der Waals surface area contributed by atoms with Crippen LogP contribution in [-0.4, -0.2) is 21.2 Å². The summed E-state index contributed by atoms with van der Waals surface area (Å²) in [7, 11) is 0. The number of para-hydroxylation sites is 1. The summed E-state index contributed by atoms with van der Waals surface area (Å²) >= 11 is 2.12. The maximum absolute atomic E-state index is 14.4. The van der Waals surface area contributed by atoms with Gasteiger partial charge >= 0.3 is 0 Å². The molecule has 2 heterocycles. The van der Waals surface area contributed by atoms with Crippen LogP contribution < -0.4 is 10.9 Å². The second-order valence-corrected chi connectivity index (χ2v) is 7.95. The first-order chi connectivity index (χ1) is 14.4. The van der Waals surface area contributed by atoms with Crippen LogP contribution in [0.4, 0.5) is 18.9 Å². The monoisotopic (exact) mass is 447 g/mol. The van der Waals surface area contributed by atoms with Crippen LogP contribution in [0, 0.1) is 17.5 Å². The fraction of sp³-hybridized carbons (Fsp3) is 0.0500. The molecule has 5 nitrogen and oxygen atoms in total. The first-order valence-electron chi connectivity index (χ1n) is 8.57. The van der Waals surface area contributed by atoms with E-state index in [0.717, 1.165) is 28.5 Å². The van der Waals surface area contributed by atoms with Gasteiger partial charge in [-0.05, 0) is 35.7 Å². The Bertz CT molecular complexity index is 1320. The average molecular weight is 447 g/mol. The Hall–Kier alpha value is -3.11. The van der Waals surface area contributed by atoms with Gasteiger partial charge in [-0.3, -0.25) is 14.2 Å². The average Bonchev–Trinajstić information content (AvgIpc) is 3.19. The van der Waals surface area contributed by atoms with Crippen molar-refractivity contribution in [2.75, 3.05) is 11.1 Å². The molecule has 0 saturated carbocycles. The predicted molar refractivity (Wildman–Crippen MR) is 111 cm³/mol. The lowest BCUT2D eigenvalue weighted by atomic mass is 10.3. The van der Waals surface area contributed by atoms with Crippen molar-refractivity contribution in [2.24, 2.45) is 0 Å². The van der Waals surface area contributed by atoms with E-state index < -0.39 is 28.9 Å². The summed E-state index contributed by atoms with van der Waals surface area (Å²) in [6.07, 6.45) is 0. The Labute approximate surface area is 176 Å². The molecule has 0 unspecified atom stereocenters. The number of aromatic nitrogens is 2. The molecule has 1 N–H and O–H groups in total. The van der Waals surface area contributed by atoms with Crippen LogP contribution in [0.15, 0.2) is 63.9 Å². The Morgan fingerprint density at radius 2 is 1.87 bits per heavy atom. The summed E-state index contributed by atoms with van der Waals surface area (Å²) in [5.41, 5.74) is 0.116. The van der Waals surface area contributed by atoms with Gasteiger partial charge in [-0.15, -0.1) is 11.3 Å². The van der Waals surface area contributed by atoms with E-state index in [-0.39, 0.29) is 22.3 Å². The SMILES string of the molecule is O=C(CSc1nc2ccsc2c(=O)n1-c1ccccc1F)Nc1ccc(F)c(F)c1. The number of benzene rings is 2. The molecule has 0 spiro atoms. The van der Waals surface area contributed by atoms with E-state index in [2.05, 4.69) is 10.3 Å². The number of thiophene rings is 1. The molecule has 2 aromatic heterocycles. The minimum absolute atomic E-state index is 0.0220. The number of anilines is 1. The van der Waals surface area contributed by atoms with Crippen LogP contribution in [0.3, 0.4) is 0 Å². The highest BCUT2D eigenvalue weighted by molar-refractivity contribution is 7.99. The lowest BCUT2D eigenvalue weighted by Crippen LogP contribution is -2.23. The van der Waals surface area contributed by atoms with Crippen LogP contribution in [0.1, 0.15) is 0 Å². The zero-order valence-corrected chi connectivity index (χ0v) is 16.7. The van der Waals surface area contributed by atoms with Gasteiger partial charge in [0.2, 0.25) is 5.91 Å². The van der Waals surface area contributed by atoms with Gasteiger partial charge in [0, 0.05) is 11.8 Å². The largest absolute Gasteiger partial charge is 0.325 e. The number of carbonyl (C=O) groups is 1. The molecule has 10 heteroatoms. The molecule has 1 amide bonds.